The highest BCUT2D eigenvalue weighted by atomic mass is 16.5. The molecule has 2 atom stereocenters. The lowest BCUT2D eigenvalue weighted by Gasteiger charge is -2.43. The van der Waals surface area contributed by atoms with Gasteiger partial charge in [0.05, 0.1) is 6.10 Å². The van der Waals surface area contributed by atoms with Gasteiger partial charge in [-0.3, -0.25) is 4.90 Å². The largest absolute Gasteiger partial charge is 0.391 e. The quantitative estimate of drug-likeness (QED) is 0.723. The Morgan fingerprint density at radius 3 is 2.56 bits per heavy atom. The van der Waals surface area contributed by atoms with Gasteiger partial charge in [0, 0.05) is 38.9 Å². The average Bonchev–Trinajstić information content (AvgIpc) is 2.32. The monoisotopic (exact) mass is 228 g/mol. The Morgan fingerprint density at radius 1 is 1.19 bits per heavy atom. The zero-order valence-corrected chi connectivity index (χ0v) is 10.4. The maximum Gasteiger partial charge on any atom is 0.0737 e. The van der Waals surface area contributed by atoms with Crippen LogP contribution in [-0.2, 0) is 4.74 Å². The van der Waals surface area contributed by atoms with Gasteiger partial charge in [0.1, 0.15) is 0 Å². The van der Waals surface area contributed by atoms with Crippen LogP contribution in [0.3, 0.4) is 0 Å². The van der Waals surface area contributed by atoms with Gasteiger partial charge in [-0.1, -0.05) is 0 Å². The van der Waals surface area contributed by atoms with Gasteiger partial charge in [-0.05, 0) is 32.9 Å². The summed E-state index contributed by atoms with van der Waals surface area (Å²) in [6, 6.07) is 0.293. The van der Waals surface area contributed by atoms with E-state index in [1.807, 2.05) is 0 Å². The van der Waals surface area contributed by atoms with E-state index in [4.69, 9.17) is 4.74 Å². The molecular formula is C12H24N2O2. The smallest absolute Gasteiger partial charge is 0.0737 e. The topological polar surface area (TPSA) is 35.9 Å². The van der Waals surface area contributed by atoms with Crippen LogP contribution in [0.25, 0.3) is 0 Å². The number of likely N-dealkylation sites (N-methyl/N-ethyl adjacent to an activating group) is 2. The molecule has 4 heteroatoms. The number of piperazine rings is 1. The maximum absolute atomic E-state index is 10.5. The first-order valence-electron chi connectivity index (χ1n) is 6.33. The normalized spacial score (nSPS) is 32.8. The third-order valence-corrected chi connectivity index (χ3v) is 4.04. The van der Waals surface area contributed by atoms with Gasteiger partial charge >= 0.3 is 0 Å². The number of nitrogens with zero attached hydrogens (tertiary/aromatic N) is 2. The molecule has 2 aliphatic heterocycles. The van der Waals surface area contributed by atoms with E-state index >= 15 is 0 Å². The molecule has 2 unspecified atom stereocenters. The van der Waals surface area contributed by atoms with Crippen LogP contribution >= 0.6 is 0 Å². The molecule has 16 heavy (non-hydrogen) atoms. The lowest BCUT2D eigenvalue weighted by molar-refractivity contribution is -0.0489. The molecule has 2 saturated heterocycles. The maximum atomic E-state index is 10.5. The highest BCUT2D eigenvalue weighted by molar-refractivity contribution is 4.88. The van der Waals surface area contributed by atoms with E-state index in [1.165, 1.54) is 0 Å². The molecule has 0 radical (unpaired) electrons. The second-order valence-corrected chi connectivity index (χ2v) is 5.25. The van der Waals surface area contributed by atoms with Crippen molar-refractivity contribution in [2.75, 3.05) is 46.9 Å². The molecule has 0 spiro atoms. The molecule has 0 aromatic carbocycles. The van der Waals surface area contributed by atoms with E-state index in [9.17, 15) is 5.11 Å². The molecule has 0 aromatic heterocycles. The lowest BCUT2D eigenvalue weighted by Crippen LogP contribution is -2.57. The minimum Gasteiger partial charge on any atom is -0.391 e. The Labute approximate surface area is 98.2 Å². The second-order valence-electron chi connectivity index (χ2n) is 5.25. The molecule has 0 aromatic rings. The first-order valence-corrected chi connectivity index (χ1v) is 6.33. The predicted molar refractivity (Wildman–Crippen MR) is 63.5 cm³/mol. The van der Waals surface area contributed by atoms with Gasteiger partial charge in [-0.25, -0.2) is 0 Å². The number of ether oxygens (including phenoxy) is 1. The van der Waals surface area contributed by atoms with E-state index in [2.05, 4.69) is 23.9 Å². The standard InChI is InChI=1S/C12H24N2O2/c1-13-5-6-14(2)11(9-13)12(15)10-3-7-16-8-4-10/h10-12,15H,3-9H2,1-2H3. The van der Waals surface area contributed by atoms with Gasteiger partial charge in [-0.15, -0.1) is 0 Å². The van der Waals surface area contributed by atoms with Crippen LogP contribution < -0.4 is 0 Å². The summed E-state index contributed by atoms with van der Waals surface area (Å²) in [6.45, 7) is 4.77. The van der Waals surface area contributed by atoms with Crippen molar-refractivity contribution in [1.29, 1.82) is 0 Å². The van der Waals surface area contributed by atoms with E-state index in [0.717, 1.165) is 45.7 Å². The van der Waals surface area contributed by atoms with Crippen LogP contribution in [0.2, 0.25) is 0 Å². The second kappa shape index (κ2) is 5.45. The fourth-order valence-corrected chi connectivity index (χ4v) is 2.78. The number of hydrogen-bond donors (Lipinski definition) is 1. The molecule has 0 bridgehead atoms. The molecule has 94 valence electrons. The van der Waals surface area contributed by atoms with Crippen LogP contribution in [0, 0.1) is 5.92 Å². The molecule has 0 aliphatic carbocycles. The Hall–Kier alpha value is -0.160. The summed E-state index contributed by atoms with van der Waals surface area (Å²) >= 11 is 0. The van der Waals surface area contributed by atoms with Crippen LogP contribution in [0.5, 0.6) is 0 Å². The molecule has 0 saturated carbocycles. The van der Waals surface area contributed by atoms with Crippen molar-refractivity contribution in [3.05, 3.63) is 0 Å². The predicted octanol–water partition coefficient (Wildman–Crippen LogP) is 0.0197. The van der Waals surface area contributed by atoms with Crippen molar-refractivity contribution >= 4 is 0 Å². The average molecular weight is 228 g/mol. The van der Waals surface area contributed by atoms with Crippen LogP contribution in [0.1, 0.15) is 12.8 Å². The molecular weight excluding hydrogens is 204 g/mol. The zero-order chi connectivity index (χ0) is 11.5. The first-order chi connectivity index (χ1) is 7.68. The third-order valence-electron chi connectivity index (χ3n) is 4.04. The van der Waals surface area contributed by atoms with Crippen LogP contribution in [0.15, 0.2) is 0 Å². The Kier molecular flexibility index (Phi) is 4.19. The molecule has 2 aliphatic rings. The van der Waals surface area contributed by atoms with E-state index in [1.54, 1.807) is 0 Å². The van der Waals surface area contributed by atoms with Crippen molar-refractivity contribution in [3.63, 3.8) is 0 Å². The van der Waals surface area contributed by atoms with Gasteiger partial charge in [0.2, 0.25) is 0 Å². The molecule has 2 heterocycles. The SMILES string of the molecule is CN1CCN(C)C(C(O)C2CCOCC2)C1. The summed E-state index contributed by atoms with van der Waals surface area (Å²) in [6.07, 6.45) is 1.82. The molecule has 0 amide bonds. The third kappa shape index (κ3) is 2.74. The van der Waals surface area contributed by atoms with Gasteiger partial charge in [-0.2, -0.15) is 0 Å². The van der Waals surface area contributed by atoms with Crippen LogP contribution in [0.4, 0.5) is 0 Å². The minimum absolute atomic E-state index is 0.198. The molecule has 2 fully saturated rings. The summed E-state index contributed by atoms with van der Waals surface area (Å²) in [4.78, 5) is 4.62. The zero-order valence-electron chi connectivity index (χ0n) is 10.4. The molecule has 2 rings (SSSR count). The molecule has 4 nitrogen and oxygen atoms in total. The summed E-state index contributed by atoms with van der Waals surface area (Å²) < 4.78 is 5.35. The van der Waals surface area contributed by atoms with Gasteiger partial charge in [0.25, 0.3) is 0 Å². The van der Waals surface area contributed by atoms with Crippen molar-refractivity contribution in [2.24, 2.45) is 5.92 Å². The number of hydrogen-bond acceptors (Lipinski definition) is 4. The fourth-order valence-electron chi connectivity index (χ4n) is 2.78. The highest BCUT2D eigenvalue weighted by Gasteiger charge is 2.34. The van der Waals surface area contributed by atoms with E-state index in [0.29, 0.717) is 12.0 Å². The number of rotatable bonds is 2. The summed E-state index contributed by atoms with van der Waals surface area (Å²) in [7, 11) is 4.26. The summed E-state index contributed by atoms with van der Waals surface area (Å²) in [5, 5.41) is 10.5. The summed E-state index contributed by atoms with van der Waals surface area (Å²) in [5.74, 6) is 0.424. The first kappa shape index (κ1) is 12.3. The Balaban J connectivity index is 1.93. The minimum atomic E-state index is -0.198. The molecule has 1 N–H and O–H groups in total. The van der Waals surface area contributed by atoms with Crippen molar-refractivity contribution in [3.8, 4) is 0 Å². The number of aliphatic hydroxyl groups excluding tert-OH is 1. The fraction of sp³-hybridized carbons (Fsp3) is 1.00. The summed E-state index contributed by atoms with van der Waals surface area (Å²) in [5.41, 5.74) is 0. The van der Waals surface area contributed by atoms with E-state index < -0.39 is 0 Å². The van der Waals surface area contributed by atoms with Crippen molar-refractivity contribution < 1.29 is 9.84 Å². The van der Waals surface area contributed by atoms with Crippen LogP contribution in [-0.4, -0.2) is 74.0 Å². The van der Waals surface area contributed by atoms with E-state index in [-0.39, 0.29) is 6.10 Å². The van der Waals surface area contributed by atoms with Crippen molar-refractivity contribution in [1.82, 2.24) is 9.80 Å². The van der Waals surface area contributed by atoms with Gasteiger partial charge in [0.15, 0.2) is 0 Å². The Bertz CT molecular complexity index is 219. The van der Waals surface area contributed by atoms with Crippen molar-refractivity contribution in [2.45, 2.75) is 25.0 Å². The Morgan fingerprint density at radius 2 is 1.88 bits per heavy atom. The number of aliphatic hydroxyl groups is 1. The van der Waals surface area contributed by atoms with Gasteiger partial charge < -0.3 is 14.7 Å². The lowest BCUT2D eigenvalue weighted by atomic mass is 9.88. The highest BCUT2D eigenvalue weighted by Crippen LogP contribution is 2.24.